The van der Waals surface area contributed by atoms with Gasteiger partial charge in [0.1, 0.15) is 17.5 Å². The molecule has 2 heterocycles. The lowest BCUT2D eigenvalue weighted by Crippen LogP contribution is -2.38. The van der Waals surface area contributed by atoms with Gasteiger partial charge in [-0.05, 0) is 19.1 Å². The molecule has 0 aromatic carbocycles. The van der Waals surface area contributed by atoms with Crippen LogP contribution in [0.1, 0.15) is 5.82 Å². The van der Waals surface area contributed by atoms with Gasteiger partial charge >= 0.3 is 0 Å². The molecule has 0 aliphatic rings. The number of hydrogen-bond donors (Lipinski definition) is 2. The molecule has 0 spiro atoms. The van der Waals surface area contributed by atoms with Gasteiger partial charge in [-0.15, -0.1) is 0 Å². The molecule has 2 rings (SSSR count). The Morgan fingerprint density at radius 3 is 2.50 bits per heavy atom. The van der Waals surface area contributed by atoms with Gasteiger partial charge in [0.05, 0.1) is 0 Å². The number of anilines is 1. The third-order valence-electron chi connectivity index (χ3n) is 2.89. The number of nitrogens with zero attached hydrogens (tertiary/aromatic N) is 4. The Bertz CT molecular complexity index is 712. The molecule has 22 heavy (non-hydrogen) atoms. The van der Waals surface area contributed by atoms with Crippen molar-refractivity contribution < 1.29 is 8.42 Å². The normalized spacial score (nSPS) is 11.8. The summed E-state index contributed by atoms with van der Waals surface area (Å²) in [6, 6.07) is 5.65. The molecule has 2 aromatic heterocycles. The summed E-state index contributed by atoms with van der Waals surface area (Å²) >= 11 is 0. The van der Waals surface area contributed by atoms with E-state index < -0.39 is 10.2 Å². The standard InChI is InChI=1S/C13H20N6O2S/c1-11-16-12(10-13(17-11)19-8-4-5-9-19)14-6-7-15-22(20,21)18(2)3/h4-5,8-10,15H,6-7H2,1-3H3,(H,14,16,17). The van der Waals surface area contributed by atoms with Crippen molar-refractivity contribution in [3.8, 4) is 5.82 Å². The van der Waals surface area contributed by atoms with Crippen molar-refractivity contribution in [3.63, 3.8) is 0 Å². The van der Waals surface area contributed by atoms with E-state index in [4.69, 9.17) is 0 Å². The molecule has 0 radical (unpaired) electrons. The molecule has 0 saturated carbocycles. The molecule has 2 aromatic rings. The number of aryl methyl sites for hydroxylation is 1. The van der Waals surface area contributed by atoms with Gasteiger partial charge < -0.3 is 9.88 Å². The Morgan fingerprint density at radius 2 is 1.86 bits per heavy atom. The first-order valence-electron chi connectivity index (χ1n) is 6.78. The lowest BCUT2D eigenvalue weighted by molar-refractivity contribution is 0.507. The summed E-state index contributed by atoms with van der Waals surface area (Å²) in [4.78, 5) is 8.65. The van der Waals surface area contributed by atoms with Crippen LogP contribution in [0.15, 0.2) is 30.6 Å². The molecule has 0 aliphatic carbocycles. The number of hydrogen-bond acceptors (Lipinski definition) is 5. The molecule has 0 unspecified atom stereocenters. The second kappa shape index (κ2) is 6.86. The van der Waals surface area contributed by atoms with Crippen molar-refractivity contribution >= 4 is 16.0 Å². The zero-order valence-electron chi connectivity index (χ0n) is 12.8. The van der Waals surface area contributed by atoms with Gasteiger partial charge in [0, 0.05) is 45.6 Å². The van der Waals surface area contributed by atoms with Crippen LogP contribution in [0.25, 0.3) is 5.82 Å². The molecule has 9 heteroatoms. The predicted octanol–water partition coefficient (Wildman–Crippen LogP) is 0.384. The van der Waals surface area contributed by atoms with Gasteiger partial charge in [0.15, 0.2) is 0 Å². The van der Waals surface area contributed by atoms with Gasteiger partial charge in [-0.25, -0.2) is 14.7 Å². The summed E-state index contributed by atoms with van der Waals surface area (Å²) in [7, 11) is -0.440. The third-order valence-corrected chi connectivity index (χ3v) is 4.42. The number of rotatable bonds is 7. The lowest BCUT2D eigenvalue weighted by atomic mass is 10.4. The first kappa shape index (κ1) is 16.4. The van der Waals surface area contributed by atoms with Gasteiger partial charge in [0.2, 0.25) is 0 Å². The van der Waals surface area contributed by atoms with Gasteiger partial charge in [-0.3, -0.25) is 0 Å². The van der Waals surface area contributed by atoms with Crippen LogP contribution in [0.5, 0.6) is 0 Å². The average Bonchev–Trinajstić information content (AvgIpc) is 2.97. The van der Waals surface area contributed by atoms with Gasteiger partial charge in [0.25, 0.3) is 10.2 Å². The van der Waals surface area contributed by atoms with Crippen LogP contribution < -0.4 is 10.0 Å². The van der Waals surface area contributed by atoms with Crippen LogP contribution in [0.3, 0.4) is 0 Å². The maximum Gasteiger partial charge on any atom is 0.278 e. The van der Waals surface area contributed by atoms with Crippen molar-refractivity contribution in [3.05, 3.63) is 36.4 Å². The van der Waals surface area contributed by atoms with Crippen LogP contribution >= 0.6 is 0 Å². The average molecular weight is 324 g/mol. The largest absolute Gasteiger partial charge is 0.369 e. The van der Waals surface area contributed by atoms with E-state index in [-0.39, 0.29) is 6.54 Å². The molecule has 8 nitrogen and oxygen atoms in total. The second-order valence-corrected chi connectivity index (χ2v) is 6.83. The van der Waals surface area contributed by atoms with Crippen LogP contribution in [-0.4, -0.2) is 54.4 Å². The molecule has 120 valence electrons. The lowest BCUT2D eigenvalue weighted by Gasteiger charge is -2.13. The Labute approximate surface area is 130 Å². The number of nitrogens with one attached hydrogen (secondary N) is 2. The van der Waals surface area contributed by atoms with Gasteiger partial charge in [-0.2, -0.15) is 12.7 Å². The van der Waals surface area contributed by atoms with E-state index in [2.05, 4.69) is 20.0 Å². The van der Waals surface area contributed by atoms with Crippen LogP contribution in [-0.2, 0) is 10.2 Å². The van der Waals surface area contributed by atoms with E-state index in [0.717, 1.165) is 10.1 Å². The molecule has 0 aliphatic heterocycles. The molecule has 0 saturated heterocycles. The van der Waals surface area contributed by atoms with Crippen molar-refractivity contribution in [1.29, 1.82) is 0 Å². The second-order valence-electron chi connectivity index (χ2n) is 4.86. The van der Waals surface area contributed by atoms with E-state index in [9.17, 15) is 8.42 Å². The fraction of sp³-hybridized carbons (Fsp3) is 0.385. The highest BCUT2D eigenvalue weighted by molar-refractivity contribution is 7.87. The molecule has 0 bridgehead atoms. The minimum atomic E-state index is -3.40. The van der Waals surface area contributed by atoms with Crippen LogP contribution in [0.2, 0.25) is 0 Å². The molecular weight excluding hydrogens is 304 g/mol. The van der Waals surface area contributed by atoms with E-state index >= 15 is 0 Å². The Hall–Kier alpha value is -1.97. The molecule has 0 atom stereocenters. The summed E-state index contributed by atoms with van der Waals surface area (Å²) in [6.07, 6.45) is 3.80. The predicted molar refractivity (Wildman–Crippen MR) is 85.2 cm³/mol. The molecule has 0 fully saturated rings. The molecule has 2 N–H and O–H groups in total. The molecular formula is C13H20N6O2S. The summed E-state index contributed by atoms with van der Waals surface area (Å²) < 4.78 is 28.6. The summed E-state index contributed by atoms with van der Waals surface area (Å²) in [5.74, 6) is 2.05. The Morgan fingerprint density at radius 1 is 1.18 bits per heavy atom. The first-order chi connectivity index (χ1) is 10.4. The maximum atomic E-state index is 11.6. The highest BCUT2D eigenvalue weighted by atomic mass is 32.2. The van der Waals surface area contributed by atoms with Crippen LogP contribution in [0.4, 0.5) is 5.82 Å². The zero-order chi connectivity index (χ0) is 16.2. The van der Waals surface area contributed by atoms with Crippen molar-refractivity contribution in [2.24, 2.45) is 0 Å². The van der Waals surface area contributed by atoms with Crippen molar-refractivity contribution in [2.45, 2.75) is 6.92 Å². The van der Waals surface area contributed by atoms with Gasteiger partial charge in [-0.1, -0.05) is 0 Å². The highest BCUT2D eigenvalue weighted by Crippen LogP contribution is 2.10. The van der Waals surface area contributed by atoms with E-state index in [1.165, 1.54) is 14.1 Å². The minimum absolute atomic E-state index is 0.266. The highest BCUT2D eigenvalue weighted by Gasteiger charge is 2.11. The quantitative estimate of drug-likeness (QED) is 0.719. The fourth-order valence-electron chi connectivity index (χ4n) is 1.76. The van der Waals surface area contributed by atoms with E-state index in [1.54, 1.807) is 0 Å². The summed E-state index contributed by atoms with van der Waals surface area (Å²) in [5, 5.41) is 3.09. The smallest absolute Gasteiger partial charge is 0.278 e. The fourth-order valence-corrected chi connectivity index (χ4v) is 2.38. The summed E-state index contributed by atoms with van der Waals surface area (Å²) in [5.41, 5.74) is 0. The minimum Gasteiger partial charge on any atom is -0.369 e. The van der Waals surface area contributed by atoms with Crippen molar-refractivity contribution in [2.75, 3.05) is 32.5 Å². The third kappa shape index (κ3) is 4.26. The van der Waals surface area contributed by atoms with Crippen LogP contribution in [0, 0.1) is 6.92 Å². The Kier molecular flexibility index (Phi) is 5.11. The Balaban J connectivity index is 1.96. The SMILES string of the molecule is Cc1nc(NCCNS(=O)(=O)N(C)C)cc(-n2cccc2)n1. The zero-order valence-corrected chi connectivity index (χ0v) is 13.6. The van der Waals surface area contributed by atoms with E-state index in [0.29, 0.717) is 18.2 Å². The number of aromatic nitrogens is 3. The first-order valence-corrected chi connectivity index (χ1v) is 8.22. The molecule has 0 amide bonds. The monoisotopic (exact) mass is 324 g/mol. The van der Waals surface area contributed by atoms with E-state index in [1.807, 2.05) is 42.1 Å². The topological polar surface area (TPSA) is 92.1 Å². The summed E-state index contributed by atoms with van der Waals surface area (Å²) in [6.45, 7) is 2.50. The maximum absolute atomic E-state index is 11.6. The van der Waals surface area contributed by atoms with Crippen molar-refractivity contribution in [1.82, 2.24) is 23.6 Å².